The highest BCUT2D eigenvalue weighted by atomic mass is 79.9. The second kappa shape index (κ2) is 10.9. The van der Waals surface area contributed by atoms with Crippen molar-refractivity contribution in [3.8, 4) is 11.5 Å². The van der Waals surface area contributed by atoms with E-state index in [-0.39, 0.29) is 34.0 Å². The summed E-state index contributed by atoms with van der Waals surface area (Å²) >= 11 is 3.82. The molecular weight excluding hydrogens is 611 g/mol. The van der Waals surface area contributed by atoms with E-state index in [1.165, 1.54) is 48.5 Å². The number of nitro benzene ring substituents is 2. The van der Waals surface area contributed by atoms with Crippen LogP contribution in [-0.2, 0) is 17.5 Å². The van der Waals surface area contributed by atoms with Crippen LogP contribution in [0.4, 0.5) is 29.3 Å². The molecule has 10 nitrogen and oxygen atoms in total. The van der Waals surface area contributed by atoms with Gasteiger partial charge in [0, 0.05) is 27.7 Å². The van der Waals surface area contributed by atoms with Crippen molar-refractivity contribution in [3.05, 3.63) is 107 Å². The summed E-state index contributed by atoms with van der Waals surface area (Å²) in [4.78, 5) is 47.5. The number of amides is 2. The summed E-state index contributed by atoms with van der Waals surface area (Å²) in [6, 6.07) is 11.8. The number of ether oxygens (including phenoxy) is 1. The molecule has 1 heterocycles. The minimum absolute atomic E-state index is 0.0495. The van der Waals surface area contributed by atoms with Crippen LogP contribution in [0.5, 0.6) is 11.5 Å². The predicted octanol–water partition coefficient (Wildman–Crippen LogP) is 7.31. The number of carbonyl (C=O) groups is 2. The maximum absolute atomic E-state index is 13.0. The molecule has 0 radical (unpaired) electrons. The summed E-state index contributed by atoms with van der Waals surface area (Å²) in [6.45, 7) is -0.348. The van der Waals surface area contributed by atoms with E-state index in [1.807, 2.05) is 0 Å². The molecule has 0 atom stereocenters. The molecule has 0 unspecified atom stereocenters. The molecule has 1 saturated heterocycles. The van der Waals surface area contributed by atoms with Crippen LogP contribution in [0.25, 0.3) is 6.08 Å². The first-order chi connectivity index (χ1) is 18.3. The third-order valence-corrected chi connectivity index (χ3v) is 6.75. The molecule has 15 heteroatoms. The van der Waals surface area contributed by atoms with Crippen molar-refractivity contribution in [1.29, 1.82) is 0 Å². The number of para-hydroxylation sites is 1. The quantitative estimate of drug-likeness (QED) is 0.152. The van der Waals surface area contributed by atoms with Gasteiger partial charge in [-0.25, -0.2) is 0 Å². The summed E-state index contributed by atoms with van der Waals surface area (Å²) < 4.78 is 45.2. The highest BCUT2D eigenvalue weighted by Gasteiger charge is 2.37. The molecule has 0 aromatic heterocycles. The summed E-state index contributed by atoms with van der Waals surface area (Å²) in [5.74, 6) is -1.27. The number of benzene rings is 3. The van der Waals surface area contributed by atoms with Gasteiger partial charge in [0.2, 0.25) is 5.75 Å². The van der Waals surface area contributed by atoms with Crippen molar-refractivity contribution < 1.29 is 37.3 Å². The molecule has 39 heavy (non-hydrogen) atoms. The van der Waals surface area contributed by atoms with Crippen molar-refractivity contribution in [2.75, 3.05) is 0 Å². The smallest absolute Gasteiger partial charge is 0.416 e. The number of rotatable bonds is 7. The molecule has 3 aromatic carbocycles. The lowest BCUT2D eigenvalue weighted by Gasteiger charge is -2.13. The first kappa shape index (κ1) is 27.8. The molecule has 3 aromatic rings. The van der Waals surface area contributed by atoms with E-state index >= 15 is 0 Å². The normalized spacial score (nSPS) is 14.7. The second-order valence-electron chi connectivity index (χ2n) is 7.88. The highest BCUT2D eigenvalue weighted by Crippen LogP contribution is 2.41. The number of thioether (sulfide) groups is 1. The zero-order valence-electron chi connectivity index (χ0n) is 19.2. The molecule has 0 bridgehead atoms. The Labute approximate surface area is 229 Å². The highest BCUT2D eigenvalue weighted by molar-refractivity contribution is 9.10. The maximum atomic E-state index is 13.0. The Balaban J connectivity index is 1.67. The van der Waals surface area contributed by atoms with Crippen LogP contribution in [-0.4, -0.2) is 25.9 Å². The minimum atomic E-state index is -4.81. The minimum Gasteiger partial charge on any atom is -0.449 e. The molecule has 2 amide bonds. The Kier molecular flexibility index (Phi) is 7.74. The number of nitro groups is 2. The fourth-order valence-electron chi connectivity index (χ4n) is 3.54. The zero-order valence-corrected chi connectivity index (χ0v) is 21.6. The second-order valence-corrected chi connectivity index (χ2v) is 9.78. The number of hydrogen-bond donors (Lipinski definition) is 0. The van der Waals surface area contributed by atoms with Crippen LogP contribution < -0.4 is 4.74 Å². The van der Waals surface area contributed by atoms with Crippen LogP contribution in [0.2, 0.25) is 0 Å². The Bertz CT molecular complexity index is 1560. The molecular formula is C24H13BrF3N3O7S. The van der Waals surface area contributed by atoms with Gasteiger partial charge in [0.05, 0.1) is 26.9 Å². The fraction of sp³-hybridized carbons (Fsp3) is 0.0833. The first-order valence-electron chi connectivity index (χ1n) is 10.7. The van der Waals surface area contributed by atoms with Gasteiger partial charge < -0.3 is 4.74 Å². The van der Waals surface area contributed by atoms with Crippen molar-refractivity contribution in [2.24, 2.45) is 0 Å². The van der Waals surface area contributed by atoms with Gasteiger partial charge in [-0.3, -0.25) is 34.7 Å². The monoisotopic (exact) mass is 623 g/mol. The van der Waals surface area contributed by atoms with Gasteiger partial charge in [-0.15, -0.1) is 0 Å². The van der Waals surface area contributed by atoms with E-state index in [2.05, 4.69) is 15.9 Å². The summed E-state index contributed by atoms with van der Waals surface area (Å²) in [7, 11) is 0. The van der Waals surface area contributed by atoms with E-state index in [0.717, 1.165) is 11.0 Å². The number of alkyl halides is 3. The molecule has 0 saturated carbocycles. The zero-order chi connectivity index (χ0) is 28.5. The standard InChI is InChI=1S/C24H13BrF3N3O7S/c25-16-6-8-19(38-20-7-5-15(24(26,27)28)11-18(20)31(36)37)14(9-16)10-21-22(32)29(23(33)39-21)12-13-3-1-2-4-17(13)30(34)35/h1-11H,12H2/b21-10-. The Morgan fingerprint density at radius 3 is 2.28 bits per heavy atom. The number of carbonyl (C=O) groups excluding carboxylic acids is 2. The van der Waals surface area contributed by atoms with Gasteiger partial charge in [-0.2, -0.15) is 13.2 Å². The van der Waals surface area contributed by atoms with Crippen LogP contribution in [0.15, 0.2) is 70.0 Å². The average Bonchev–Trinajstić information content (AvgIpc) is 3.12. The average molecular weight is 624 g/mol. The van der Waals surface area contributed by atoms with Gasteiger partial charge in [-0.1, -0.05) is 34.1 Å². The predicted molar refractivity (Wildman–Crippen MR) is 137 cm³/mol. The SMILES string of the molecule is O=C1S/C(=C\c2cc(Br)ccc2Oc2ccc(C(F)(F)F)cc2[N+](=O)[O-])C(=O)N1Cc1ccccc1[N+](=O)[O-]. The Morgan fingerprint density at radius 1 is 0.949 bits per heavy atom. The lowest BCUT2D eigenvalue weighted by atomic mass is 10.1. The van der Waals surface area contributed by atoms with Gasteiger partial charge in [0.15, 0.2) is 0 Å². The third kappa shape index (κ3) is 6.09. The summed E-state index contributed by atoms with van der Waals surface area (Å²) in [5, 5.41) is 22.1. The molecule has 0 spiro atoms. The molecule has 4 rings (SSSR count). The number of halogens is 4. The van der Waals surface area contributed by atoms with Crippen LogP contribution in [0.3, 0.4) is 0 Å². The first-order valence-corrected chi connectivity index (χ1v) is 12.3. The van der Waals surface area contributed by atoms with E-state index in [0.29, 0.717) is 28.4 Å². The van der Waals surface area contributed by atoms with E-state index in [9.17, 15) is 43.0 Å². The Morgan fingerprint density at radius 2 is 1.62 bits per heavy atom. The summed E-state index contributed by atoms with van der Waals surface area (Å²) in [6.07, 6.45) is -3.53. The van der Waals surface area contributed by atoms with Crippen molar-refractivity contribution in [3.63, 3.8) is 0 Å². The van der Waals surface area contributed by atoms with Crippen LogP contribution in [0.1, 0.15) is 16.7 Å². The van der Waals surface area contributed by atoms with Gasteiger partial charge >= 0.3 is 11.9 Å². The molecule has 0 aliphatic carbocycles. The third-order valence-electron chi connectivity index (χ3n) is 5.35. The molecule has 1 aliphatic heterocycles. The van der Waals surface area contributed by atoms with E-state index in [1.54, 1.807) is 0 Å². The summed E-state index contributed by atoms with van der Waals surface area (Å²) in [5.41, 5.74) is -2.10. The van der Waals surface area contributed by atoms with Crippen molar-refractivity contribution in [2.45, 2.75) is 12.7 Å². The van der Waals surface area contributed by atoms with Crippen molar-refractivity contribution >= 4 is 56.3 Å². The topological polar surface area (TPSA) is 133 Å². The van der Waals surface area contributed by atoms with Crippen molar-refractivity contribution in [1.82, 2.24) is 4.90 Å². The van der Waals surface area contributed by atoms with Gasteiger partial charge in [0.1, 0.15) is 5.75 Å². The number of imide groups is 1. The van der Waals surface area contributed by atoms with Gasteiger partial charge in [0.25, 0.3) is 16.8 Å². The van der Waals surface area contributed by atoms with Crippen LogP contribution in [0, 0.1) is 20.2 Å². The van der Waals surface area contributed by atoms with E-state index < -0.39 is 44.2 Å². The number of nitrogens with zero attached hydrogens (tertiary/aromatic N) is 3. The fourth-order valence-corrected chi connectivity index (χ4v) is 4.74. The van der Waals surface area contributed by atoms with Crippen LogP contribution >= 0.6 is 27.7 Å². The Hall–Kier alpha value is -4.24. The van der Waals surface area contributed by atoms with Gasteiger partial charge in [-0.05, 0) is 48.2 Å². The largest absolute Gasteiger partial charge is 0.449 e. The molecule has 1 aliphatic rings. The molecule has 200 valence electrons. The van der Waals surface area contributed by atoms with E-state index in [4.69, 9.17) is 4.74 Å². The molecule has 1 fully saturated rings. The molecule has 0 N–H and O–H groups in total. The lowest BCUT2D eigenvalue weighted by molar-refractivity contribution is -0.385. The number of hydrogen-bond acceptors (Lipinski definition) is 8. The lowest BCUT2D eigenvalue weighted by Crippen LogP contribution is -2.27. The maximum Gasteiger partial charge on any atom is 0.416 e.